The largest absolute Gasteiger partial charge is 0.483 e. The molecule has 7 nitrogen and oxygen atoms in total. The first-order valence-corrected chi connectivity index (χ1v) is 13.2. The van der Waals surface area contributed by atoms with Crippen LogP contribution in [-0.4, -0.2) is 26.4 Å². The van der Waals surface area contributed by atoms with E-state index in [1.165, 1.54) is 46.5 Å². The molecule has 1 unspecified atom stereocenters. The zero-order valence-corrected chi connectivity index (χ0v) is 21.1. The Hall–Kier alpha value is -3.16. The zero-order chi connectivity index (χ0) is 24.8. The van der Waals surface area contributed by atoms with Gasteiger partial charge in [-0.3, -0.25) is 9.36 Å². The number of ether oxygens (including phenoxy) is 1. The summed E-state index contributed by atoms with van der Waals surface area (Å²) in [7, 11) is 0. The van der Waals surface area contributed by atoms with E-state index in [2.05, 4.69) is 28.2 Å². The van der Waals surface area contributed by atoms with Crippen LogP contribution >= 0.6 is 23.1 Å². The van der Waals surface area contributed by atoms with Crippen LogP contribution in [0.5, 0.6) is 5.75 Å². The molecule has 0 fully saturated rings. The lowest BCUT2D eigenvalue weighted by molar-refractivity contribution is -0.113. The maximum atomic E-state index is 13.2. The summed E-state index contributed by atoms with van der Waals surface area (Å²) in [6.45, 7) is 6.08. The van der Waals surface area contributed by atoms with Gasteiger partial charge in [0, 0.05) is 11.4 Å². The predicted octanol–water partition coefficient (Wildman–Crippen LogP) is 5.68. The van der Waals surface area contributed by atoms with Gasteiger partial charge in [0.25, 0.3) is 0 Å². The molecule has 0 saturated carbocycles. The number of allylic oxidation sites excluding steroid dienone is 1. The van der Waals surface area contributed by atoms with Gasteiger partial charge in [0.2, 0.25) is 5.91 Å². The van der Waals surface area contributed by atoms with E-state index in [9.17, 15) is 14.4 Å². The molecule has 1 aliphatic rings. The molecule has 10 heteroatoms. The zero-order valence-electron chi connectivity index (χ0n) is 19.4. The van der Waals surface area contributed by atoms with Crippen molar-refractivity contribution >= 4 is 34.0 Å². The van der Waals surface area contributed by atoms with Crippen molar-refractivity contribution in [1.29, 1.82) is 5.26 Å². The first kappa shape index (κ1) is 24.9. The number of hydrogen-bond acceptors (Lipinski definition) is 7. The van der Waals surface area contributed by atoms with E-state index in [1.807, 2.05) is 11.5 Å². The molecule has 3 aromatic rings. The Morgan fingerprint density at radius 1 is 1.34 bits per heavy atom. The highest BCUT2D eigenvalue weighted by Gasteiger charge is 2.23. The molecule has 2 heterocycles. The fraction of sp³-hybridized carbons (Fsp3) is 0.360. The van der Waals surface area contributed by atoms with Crippen LogP contribution < -0.4 is 10.1 Å². The monoisotopic (exact) mass is 511 g/mol. The van der Waals surface area contributed by atoms with Crippen molar-refractivity contribution in [2.45, 2.75) is 56.8 Å². The van der Waals surface area contributed by atoms with Crippen LogP contribution in [0.3, 0.4) is 0 Å². The minimum absolute atomic E-state index is 0.121. The van der Waals surface area contributed by atoms with Crippen LogP contribution in [0.25, 0.3) is 0 Å². The van der Waals surface area contributed by atoms with Crippen LogP contribution in [0, 0.1) is 17.1 Å². The van der Waals surface area contributed by atoms with Gasteiger partial charge in [0.15, 0.2) is 17.1 Å². The molecule has 4 rings (SSSR count). The SMILES string of the molecule is C=CCn1c(SCC(=O)Nc2sc3c(c2C#N)CCCCC3)nnc1C(C)Oc1ccc(F)cc1. The van der Waals surface area contributed by atoms with Gasteiger partial charge in [-0.1, -0.05) is 24.3 Å². The number of anilines is 1. The summed E-state index contributed by atoms with van der Waals surface area (Å²) in [6.07, 6.45) is 6.50. The summed E-state index contributed by atoms with van der Waals surface area (Å²) in [5.41, 5.74) is 1.71. The summed E-state index contributed by atoms with van der Waals surface area (Å²) in [6, 6.07) is 8.07. The molecule has 182 valence electrons. The van der Waals surface area contributed by atoms with Crippen molar-refractivity contribution in [1.82, 2.24) is 14.8 Å². The van der Waals surface area contributed by atoms with E-state index < -0.39 is 6.10 Å². The number of carbonyl (C=O) groups is 1. The number of nitriles is 1. The summed E-state index contributed by atoms with van der Waals surface area (Å²) >= 11 is 2.78. The average Bonchev–Trinajstić information content (AvgIpc) is 3.31. The summed E-state index contributed by atoms with van der Waals surface area (Å²) in [5.74, 6) is 0.676. The Morgan fingerprint density at radius 3 is 2.86 bits per heavy atom. The number of benzene rings is 1. The number of fused-ring (bicyclic) bond motifs is 1. The number of aryl methyl sites for hydroxylation is 1. The minimum atomic E-state index is -0.448. The van der Waals surface area contributed by atoms with E-state index in [4.69, 9.17) is 4.74 Å². The Morgan fingerprint density at radius 2 is 2.11 bits per heavy atom. The topological polar surface area (TPSA) is 92.8 Å². The number of halogens is 1. The standard InChI is InChI=1S/C25H26FN5O2S2/c1-3-13-31-23(16(2)33-18-11-9-17(26)10-12-18)29-30-25(31)34-15-22(32)28-24-20(14-27)19-7-5-4-6-8-21(19)35-24/h3,9-12,16H,1,4-8,13,15H2,2H3,(H,28,32). The van der Waals surface area contributed by atoms with E-state index in [0.717, 1.165) is 31.2 Å². The Balaban J connectivity index is 1.43. The molecule has 1 N–H and O–H groups in total. The molecule has 0 radical (unpaired) electrons. The lowest BCUT2D eigenvalue weighted by Gasteiger charge is -2.15. The third-order valence-electron chi connectivity index (χ3n) is 5.67. The molecule has 1 aromatic carbocycles. The minimum Gasteiger partial charge on any atom is -0.483 e. The smallest absolute Gasteiger partial charge is 0.235 e. The molecule has 0 aliphatic heterocycles. The van der Waals surface area contributed by atoms with Crippen molar-refractivity contribution in [2.24, 2.45) is 0 Å². The van der Waals surface area contributed by atoms with Crippen LogP contribution in [-0.2, 0) is 24.2 Å². The molecule has 1 atom stereocenters. The van der Waals surface area contributed by atoms with Crippen LogP contribution in [0.2, 0.25) is 0 Å². The van der Waals surface area contributed by atoms with E-state index >= 15 is 0 Å². The predicted molar refractivity (Wildman–Crippen MR) is 135 cm³/mol. The highest BCUT2D eigenvalue weighted by Crippen LogP contribution is 2.37. The molecule has 1 amide bonds. The number of hydrogen-bond donors (Lipinski definition) is 1. The van der Waals surface area contributed by atoms with Crippen molar-refractivity contribution in [3.05, 3.63) is 64.6 Å². The van der Waals surface area contributed by atoms with E-state index in [1.54, 1.807) is 18.2 Å². The average molecular weight is 512 g/mol. The van der Waals surface area contributed by atoms with Crippen LogP contribution in [0.4, 0.5) is 9.39 Å². The number of thioether (sulfide) groups is 1. The number of amides is 1. The van der Waals surface area contributed by atoms with Crippen molar-refractivity contribution in [3.63, 3.8) is 0 Å². The molecule has 1 aliphatic carbocycles. The highest BCUT2D eigenvalue weighted by atomic mass is 32.2. The molecule has 0 spiro atoms. The van der Waals surface area contributed by atoms with Crippen molar-refractivity contribution in [3.8, 4) is 11.8 Å². The van der Waals surface area contributed by atoms with Crippen molar-refractivity contribution in [2.75, 3.05) is 11.1 Å². The number of nitrogens with zero attached hydrogens (tertiary/aromatic N) is 4. The van der Waals surface area contributed by atoms with Gasteiger partial charge in [0.1, 0.15) is 22.6 Å². The first-order valence-electron chi connectivity index (χ1n) is 11.4. The molecular weight excluding hydrogens is 485 g/mol. The lowest BCUT2D eigenvalue weighted by atomic mass is 10.1. The third kappa shape index (κ3) is 5.92. The molecule has 35 heavy (non-hydrogen) atoms. The molecule has 0 bridgehead atoms. The van der Waals surface area contributed by atoms with Gasteiger partial charge in [-0.15, -0.1) is 28.1 Å². The number of aromatic nitrogens is 3. The second kappa shape index (κ2) is 11.5. The number of thiophene rings is 1. The maximum absolute atomic E-state index is 13.2. The third-order valence-corrected chi connectivity index (χ3v) is 7.84. The summed E-state index contributed by atoms with van der Waals surface area (Å²) < 4.78 is 20.9. The van der Waals surface area contributed by atoms with Gasteiger partial charge in [-0.2, -0.15) is 5.26 Å². The summed E-state index contributed by atoms with van der Waals surface area (Å²) in [5, 5.41) is 22.3. The first-order chi connectivity index (χ1) is 17.0. The quantitative estimate of drug-likeness (QED) is 0.226. The van der Waals surface area contributed by atoms with Crippen molar-refractivity contribution < 1.29 is 13.9 Å². The number of nitrogens with one attached hydrogen (secondary N) is 1. The second-order valence-electron chi connectivity index (χ2n) is 8.17. The Bertz CT molecular complexity index is 1250. The lowest BCUT2D eigenvalue weighted by Crippen LogP contribution is -2.15. The number of rotatable bonds is 9. The van der Waals surface area contributed by atoms with Gasteiger partial charge in [0.05, 0.1) is 11.3 Å². The highest BCUT2D eigenvalue weighted by molar-refractivity contribution is 7.99. The van der Waals surface area contributed by atoms with E-state index in [-0.39, 0.29) is 17.5 Å². The van der Waals surface area contributed by atoms with Gasteiger partial charge in [-0.05, 0) is 62.4 Å². The second-order valence-corrected chi connectivity index (χ2v) is 10.2. The Labute approximate surface area is 212 Å². The molecule has 2 aromatic heterocycles. The molecule has 0 saturated heterocycles. The summed E-state index contributed by atoms with van der Waals surface area (Å²) in [4.78, 5) is 14.0. The number of carbonyl (C=O) groups excluding carboxylic acids is 1. The Kier molecular flexibility index (Phi) is 8.21. The van der Waals surface area contributed by atoms with E-state index in [0.29, 0.717) is 33.8 Å². The van der Waals surface area contributed by atoms with Crippen LogP contribution in [0.1, 0.15) is 54.1 Å². The van der Waals surface area contributed by atoms with Gasteiger partial charge >= 0.3 is 0 Å². The fourth-order valence-corrected chi connectivity index (χ4v) is 6.03. The van der Waals surface area contributed by atoms with Gasteiger partial charge in [-0.25, -0.2) is 4.39 Å². The molecular formula is C25H26FN5O2S2. The fourth-order valence-electron chi connectivity index (χ4n) is 4.02. The normalized spacial score (nSPS) is 13.9. The maximum Gasteiger partial charge on any atom is 0.235 e. The van der Waals surface area contributed by atoms with Crippen LogP contribution in [0.15, 0.2) is 42.1 Å². The van der Waals surface area contributed by atoms with Gasteiger partial charge < -0.3 is 10.1 Å².